The standard InChI is InChI=1S/C35H63NO7/c1-6-10-12-14-16-18-20-29(5)42-27-30(25-33(37)40-24-19-17-15-13-11-7-2)26-34(38)43-28-32-22-21-31(9-4)36(32)35(39)41-23-8-3/h30-32H,5-28H2,1-4H3. The van der Waals surface area contributed by atoms with E-state index in [0.717, 1.165) is 64.2 Å². The maximum Gasteiger partial charge on any atom is 0.410 e. The normalized spacial score (nSPS) is 17.0. The fourth-order valence-corrected chi connectivity index (χ4v) is 5.53. The molecule has 1 aliphatic rings. The van der Waals surface area contributed by atoms with Gasteiger partial charge in [0.25, 0.3) is 0 Å². The van der Waals surface area contributed by atoms with Gasteiger partial charge in [0, 0.05) is 18.4 Å². The van der Waals surface area contributed by atoms with Crippen LogP contribution in [0.4, 0.5) is 4.79 Å². The molecule has 8 heteroatoms. The molecule has 0 aromatic carbocycles. The first-order valence-electron chi connectivity index (χ1n) is 17.4. The zero-order valence-electron chi connectivity index (χ0n) is 28.0. The number of unbranched alkanes of at least 4 members (excludes halogenated alkanes) is 10. The van der Waals surface area contributed by atoms with E-state index in [1.54, 1.807) is 4.90 Å². The van der Waals surface area contributed by atoms with Crippen molar-refractivity contribution >= 4 is 18.0 Å². The Balaban J connectivity index is 2.61. The first-order chi connectivity index (χ1) is 20.9. The second-order valence-electron chi connectivity index (χ2n) is 12.1. The molecule has 43 heavy (non-hydrogen) atoms. The molecular weight excluding hydrogens is 546 g/mol. The first-order valence-corrected chi connectivity index (χ1v) is 17.4. The molecule has 0 saturated carbocycles. The summed E-state index contributed by atoms with van der Waals surface area (Å²) in [6, 6.07) is -0.111. The van der Waals surface area contributed by atoms with Crippen LogP contribution in [0, 0.1) is 5.92 Å². The Labute approximate surface area is 262 Å². The topological polar surface area (TPSA) is 91.4 Å². The third-order valence-electron chi connectivity index (χ3n) is 8.17. The van der Waals surface area contributed by atoms with Gasteiger partial charge < -0.3 is 18.9 Å². The van der Waals surface area contributed by atoms with Gasteiger partial charge in [-0.05, 0) is 38.5 Å². The van der Waals surface area contributed by atoms with Crippen molar-refractivity contribution in [1.82, 2.24) is 4.90 Å². The summed E-state index contributed by atoms with van der Waals surface area (Å²) >= 11 is 0. The Morgan fingerprint density at radius 2 is 1.26 bits per heavy atom. The first kappa shape index (κ1) is 38.8. The lowest BCUT2D eigenvalue weighted by Gasteiger charge is -2.29. The summed E-state index contributed by atoms with van der Waals surface area (Å²) in [6.07, 6.45) is 17.6. The molecule has 0 aliphatic carbocycles. The minimum absolute atomic E-state index is 0.0423. The number of esters is 2. The monoisotopic (exact) mass is 609 g/mol. The van der Waals surface area contributed by atoms with Crippen molar-refractivity contribution in [3.8, 4) is 0 Å². The summed E-state index contributed by atoms with van der Waals surface area (Å²) in [5.74, 6) is -0.404. The largest absolute Gasteiger partial charge is 0.498 e. The highest BCUT2D eigenvalue weighted by atomic mass is 16.6. The van der Waals surface area contributed by atoms with Gasteiger partial charge in [0.05, 0.1) is 44.5 Å². The number of ether oxygens (including phenoxy) is 4. The summed E-state index contributed by atoms with van der Waals surface area (Å²) in [7, 11) is 0. The maximum absolute atomic E-state index is 12.9. The van der Waals surface area contributed by atoms with E-state index in [9.17, 15) is 14.4 Å². The van der Waals surface area contributed by atoms with Crippen LogP contribution in [0.1, 0.15) is 150 Å². The maximum atomic E-state index is 12.9. The number of amides is 1. The molecule has 0 spiro atoms. The number of likely N-dealkylation sites (tertiary alicyclic amines) is 1. The highest BCUT2D eigenvalue weighted by molar-refractivity contribution is 5.73. The number of nitrogens with zero attached hydrogens (tertiary/aromatic N) is 1. The number of carbonyl (C=O) groups is 3. The van der Waals surface area contributed by atoms with Gasteiger partial charge in [0.1, 0.15) is 6.61 Å². The number of hydrogen-bond acceptors (Lipinski definition) is 7. The average molecular weight is 610 g/mol. The van der Waals surface area contributed by atoms with Crippen LogP contribution < -0.4 is 0 Å². The third-order valence-corrected chi connectivity index (χ3v) is 8.17. The molecule has 1 aliphatic heterocycles. The van der Waals surface area contributed by atoms with Crippen molar-refractivity contribution in [2.75, 3.05) is 26.4 Å². The Kier molecular flexibility index (Phi) is 22.6. The lowest BCUT2D eigenvalue weighted by molar-refractivity contribution is -0.149. The van der Waals surface area contributed by atoms with Gasteiger partial charge in [0.15, 0.2) is 0 Å². The van der Waals surface area contributed by atoms with Crippen LogP contribution in [-0.4, -0.2) is 61.4 Å². The molecule has 0 bridgehead atoms. The van der Waals surface area contributed by atoms with Crippen LogP contribution in [0.5, 0.6) is 0 Å². The number of rotatable bonds is 26. The van der Waals surface area contributed by atoms with E-state index in [1.165, 1.54) is 44.9 Å². The van der Waals surface area contributed by atoms with Crippen LogP contribution >= 0.6 is 0 Å². The Bertz CT molecular complexity index is 771. The molecule has 1 saturated heterocycles. The molecule has 1 fully saturated rings. The molecule has 8 nitrogen and oxygen atoms in total. The van der Waals surface area contributed by atoms with Crippen LogP contribution in [0.15, 0.2) is 12.3 Å². The van der Waals surface area contributed by atoms with Crippen molar-refractivity contribution in [2.24, 2.45) is 5.92 Å². The van der Waals surface area contributed by atoms with E-state index in [2.05, 4.69) is 27.4 Å². The quantitative estimate of drug-likeness (QED) is 0.0418. The lowest BCUT2D eigenvalue weighted by atomic mass is 10.0. The van der Waals surface area contributed by atoms with Gasteiger partial charge in [-0.3, -0.25) is 14.5 Å². The highest BCUT2D eigenvalue weighted by Gasteiger charge is 2.37. The van der Waals surface area contributed by atoms with E-state index in [0.29, 0.717) is 19.0 Å². The van der Waals surface area contributed by atoms with Gasteiger partial charge in [0.2, 0.25) is 0 Å². The molecule has 250 valence electrons. The highest BCUT2D eigenvalue weighted by Crippen LogP contribution is 2.28. The second-order valence-corrected chi connectivity index (χ2v) is 12.1. The molecule has 0 aromatic heterocycles. The minimum Gasteiger partial charge on any atom is -0.498 e. The van der Waals surface area contributed by atoms with Crippen molar-refractivity contribution in [3.63, 3.8) is 0 Å². The van der Waals surface area contributed by atoms with Gasteiger partial charge in [-0.2, -0.15) is 0 Å². The van der Waals surface area contributed by atoms with E-state index >= 15 is 0 Å². The fraction of sp³-hybridized carbons (Fsp3) is 0.857. The summed E-state index contributed by atoms with van der Waals surface area (Å²) in [5.41, 5.74) is 0. The van der Waals surface area contributed by atoms with Gasteiger partial charge in [-0.15, -0.1) is 0 Å². The van der Waals surface area contributed by atoms with Crippen molar-refractivity contribution in [3.05, 3.63) is 12.3 Å². The number of carbonyl (C=O) groups excluding carboxylic acids is 3. The molecule has 0 aromatic rings. The van der Waals surface area contributed by atoms with Gasteiger partial charge in [-0.1, -0.05) is 98.5 Å². The molecule has 0 radical (unpaired) electrons. The SMILES string of the molecule is C=C(CCCCCCCC)OCC(CC(=O)OCCCCCCCC)CC(=O)OCC1CCC(CC)N1C(=O)OCCC. The van der Waals surface area contributed by atoms with E-state index in [4.69, 9.17) is 18.9 Å². The summed E-state index contributed by atoms with van der Waals surface area (Å²) in [6.45, 7) is 13.6. The van der Waals surface area contributed by atoms with E-state index in [-0.39, 0.29) is 56.1 Å². The zero-order valence-corrected chi connectivity index (χ0v) is 28.0. The van der Waals surface area contributed by atoms with Crippen LogP contribution in [0.3, 0.4) is 0 Å². The average Bonchev–Trinajstić information content (AvgIpc) is 3.42. The number of allylic oxidation sites excluding steroid dienone is 1. The summed E-state index contributed by atoms with van der Waals surface area (Å²) in [5, 5.41) is 0. The molecule has 3 unspecified atom stereocenters. The molecule has 1 amide bonds. The fourth-order valence-electron chi connectivity index (χ4n) is 5.53. The molecule has 1 rings (SSSR count). The molecule has 0 N–H and O–H groups in total. The second kappa shape index (κ2) is 25.1. The van der Waals surface area contributed by atoms with Crippen molar-refractivity contribution in [1.29, 1.82) is 0 Å². The van der Waals surface area contributed by atoms with Crippen LogP contribution in [-0.2, 0) is 28.5 Å². The Morgan fingerprint density at radius 3 is 1.88 bits per heavy atom. The molecule has 1 heterocycles. The zero-order chi connectivity index (χ0) is 31.7. The molecule has 3 atom stereocenters. The molecular formula is C35H63NO7. The summed E-state index contributed by atoms with van der Waals surface area (Å²) < 4.78 is 22.5. The van der Waals surface area contributed by atoms with E-state index < -0.39 is 5.97 Å². The van der Waals surface area contributed by atoms with Gasteiger partial charge in [-0.25, -0.2) is 4.79 Å². The third kappa shape index (κ3) is 18.2. The Morgan fingerprint density at radius 1 is 0.674 bits per heavy atom. The lowest BCUT2D eigenvalue weighted by Crippen LogP contribution is -2.43. The predicted octanol–water partition coefficient (Wildman–Crippen LogP) is 8.90. The van der Waals surface area contributed by atoms with Crippen LogP contribution in [0.25, 0.3) is 0 Å². The predicted molar refractivity (Wildman–Crippen MR) is 172 cm³/mol. The van der Waals surface area contributed by atoms with Gasteiger partial charge >= 0.3 is 18.0 Å². The summed E-state index contributed by atoms with van der Waals surface area (Å²) in [4.78, 5) is 40.0. The Hall–Kier alpha value is -2.25. The van der Waals surface area contributed by atoms with Crippen molar-refractivity contribution < 1.29 is 33.3 Å². The van der Waals surface area contributed by atoms with Crippen molar-refractivity contribution in [2.45, 2.75) is 162 Å². The number of hydrogen-bond donors (Lipinski definition) is 0. The smallest absolute Gasteiger partial charge is 0.410 e. The minimum atomic E-state index is -0.402. The van der Waals surface area contributed by atoms with E-state index in [1.807, 2.05) is 6.92 Å². The van der Waals surface area contributed by atoms with Crippen LogP contribution in [0.2, 0.25) is 0 Å².